The van der Waals surface area contributed by atoms with Crippen LogP contribution in [0, 0.1) is 0 Å². The Labute approximate surface area is 142 Å². The van der Waals surface area contributed by atoms with Crippen LogP contribution < -0.4 is 5.32 Å². The number of hydrogen-bond acceptors (Lipinski definition) is 5. The lowest BCUT2D eigenvalue weighted by atomic mass is 10.1. The molecular formula is C15H13Cl2N5O. The molecule has 2 aromatic heterocycles. The summed E-state index contributed by atoms with van der Waals surface area (Å²) >= 11 is 12.3. The third kappa shape index (κ3) is 2.73. The largest absolute Gasteiger partial charge is 0.332 e. The van der Waals surface area contributed by atoms with Crippen LogP contribution in [0.2, 0.25) is 10.0 Å². The van der Waals surface area contributed by atoms with E-state index in [1.807, 2.05) is 6.07 Å². The Kier molecular flexibility index (Phi) is 3.80. The van der Waals surface area contributed by atoms with E-state index in [1.165, 1.54) is 0 Å². The third-order valence-electron chi connectivity index (χ3n) is 3.93. The Bertz CT molecular complexity index is 818. The highest BCUT2D eigenvalue weighted by atomic mass is 35.5. The van der Waals surface area contributed by atoms with Gasteiger partial charge in [0.25, 0.3) is 5.89 Å². The Morgan fingerprint density at radius 3 is 2.78 bits per heavy atom. The van der Waals surface area contributed by atoms with Crippen molar-refractivity contribution >= 4 is 23.2 Å². The Morgan fingerprint density at radius 2 is 2.04 bits per heavy atom. The van der Waals surface area contributed by atoms with Gasteiger partial charge in [0.2, 0.25) is 5.82 Å². The van der Waals surface area contributed by atoms with Crippen molar-refractivity contribution in [3.8, 4) is 23.0 Å². The van der Waals surface area contributed by atoms with E-state index >= 15 is 0 Å². The normalized spacial score (nSPS) is 17.7. The van der Waals surface area contributed by atoms with Crippen LogP contribution in [0.1, 0.15) is 18.0 Å². The zero-order valence-electron chi connectivity index (χ0n) is 12.0. The molecule has 0 amide bonds. The summed E-state index contributed by atoms with van der Waals surface area (Å²) in [6.45, 7) is 1.97. The average molecular weight is 350 g/mol. The van der Waals surface area contributed by atoms with Gasteiger partial charge in [-0.05, 0) is 31.2 Å². The van der Waals surface area contributed by atoms with Crippen LogP contribution in [-0.4, -0.2) is 33.4 Å². The minimum absolute atomic E-state index is 0.337. The molecule has 1 aliphatic rings. The molecule has 1 unspecified atom stereocenters. The van der Waals surface area contributed by atoms with E-state index in [-0.39, 0.29) is 0 Å². The Morgan fingerprint density at radius 1 is 1.22 bits per heavy atom. The van der Waals surface area contributed by atoms with Crippen molar-refractivity contribution in [1.82, 2.24) is 25.7 Å². The molecule has 3 aromatic rings. The lowest BCUT2D eigenvalue weighted by molar-refractivity contribution is 0.431. The maximum Gasteiger partial charge on any atom is 0.278 e. The number of aromatic nitrogens is 4. The average Bonchev–Trinajstić information content (AvgIpc) is 3.28. The molecule has 1 fully saturated rings. The van der Waals surface area contributed by atoms with Crippen molar-refractivity contribution in [2.45, 2.75) is 12.3 Å². The minimum atomic E-state index is 0.337. The van der Waals surface area contributed by atoms with Crippen molar-refractivity contribution < 1.29 is 4.52 Å². The second-order valence-corrected chi connectivity index (χ2v) is 6.23. The number of H-pyrrole nitrogens is 1. The van der Waals surface area contributed by atoms with Gasteiger partial charge in [0, 0.05) is 18.2 Å². The minimum Gasteiger partial charge on any atom is -0.332 e. The van der Waals surface area contributed by atoms with Crippen molar-refractivity contribution in [3.63, 3.8) is 0 Å². The second kappa shape index (κ2) is 5.96. The molecule has 1 saturated heterocycles. The van der Waals surface area contributed by atoms with Crippen LogP contribution in [0.5, 0.6) is 0 Å². The number of hydrogen-bond donors (Lipinski definition) is 2. The molecule has 1 aliphatic heterocycles. The SMILES string of the molecule is Clc1cccc(Cl)c1-c1noc(-c2cc(C3CCNC3)[nH]n2)n1. The summed E-state index contributed by atoms with van der Waals surface area (Å²) in [5, 5.41) is 15.6. The van der Waals surface area contributed by atoms with Crippen LogP contribution in [-0.2, 0) is 0 Å². The van der Waals surface area contributed by atoms with Crippen molar-refractivity contribution in [3.05, 3.63) is 40.0 Å². The molecule has 1 aromatic carbocycles. The summed E-state index contributed by atoms with van der Waals surface area (Å²) in [7, 11) is 0. The summed E-state index contributed by atoms with van der Waals surface area (Å²) in [4.78, 5) is 4.37. The summed E-state index contributed by atoms with van der Waals surface area (Å²) in [6.07, 6.45) is 1.09. The predicted octanol–water partition coefficient (Wildman–Crippen LogP) is 3.51. The molecule has 23 heavy (non-hydrogen) atoms. The first-order valence-corrected chi connectivity index (χ1v) is 8.02. The summed E-state index contributed by atoms with van der Waals surface area (Å²) < 4.78 is 5.31. The molecule has 2 N–H and O–H groups in total. The quantitative estimate of drug-likeness (QED) is 0.756. The smallest absolute Gasteiger partial charge is 0.278 e. The molecule has 118 valence electrons. The van der Waals surface area contributed by atoms with Crippen LogP contribution in [0.25, 0.3) is 23.0 Å². The molecule has 3 heterocycles. The van der Waals surface area contributed by atoms with Gasteiger partial charge < -0.3 is 9.84 Å². The first kappa shape index (κ1) is 14.7. The zero-order chi connectivity index (χ0) is 15.8. The van der Waals surface area contributed by atoms with E-state index in [9.17, 15) is 0 Å². The maximum atomic E-state index is 6.17. The van der Waals surface area contributed by atoms with Crippen molar-refractivity contribution in [2.75, 3.05) is 13.1 Å². The second-order valence-electron chi connectivity index (χ2n) is 5.42. The fourth-order valence-corrected chi connectivity index (χ4v) is 3.28. The van der Waals surface area contributed by atoms with E-state index in [0.717, 1.165) is 25.2 Å². The lowest BCUT2D eigenvalue weighted by Crippen LogP contribution is -2.08. The van der Waals surface area contributed by atoms with Gasteiger partial charge in [-0.3, -0.25) is 5.10 Å². The first-order chi connectivity index (χ1) is 11.2. The van der Waals surface area contributed by atoms with Crippen LogP contribution >= 0.6 is 23.2 Å². The molecule has 0 radical (unpaired) electrons. The molecule has 0 spiro atoms. The summed E-state index contributed by atoms with van der Waals surface area (Å²) in [5.41, 5.74) is 2.25. The molecule has 0 aliphatic carbocycles. The van der Waals surface area contributed by atoms with Gasteiger partial charge in [-0.2, -0.15) is 10.1 Å². The fourth-order valence-electron chi connectivity index (χ4n) is 2.72. The number of nitrogens with zero attached hydrogens (tertiary/aromatic N) is 3. The third-order valence-corrected chi connectivity index (χ3v) is 4.56. The highest BCUT2D eigenvalue weighted by molar-refractivity contribution is 6.38. The van der Waals surface area contributed by atoms with Crippen molar-refractivity contribution in [1.29, 1.82) is 0 Å². The van der Waals surface area contributed by atoms with Gasteiger partial charge in [-0.15, -0.1) is 0 Å². The van der Waals surface area contributed by atoms with Gasteiger partial charge >= 0.3 is 0 Å². The van der Waals surface area contributed by atoms with Crippen LogP contribution in [0.4, 0.5) is 0 Å². The van der Waals surface area contributed by atoms with Crippen molar-refractivity contribution in [2.24, 2.45) is 0 Å². The molecular weight excluding hydrogens is 337 g/mol. The van der Waals surface area contributed by atoms with E-state index < -0.39 is 0 Å². The number of aromatic amines is 1. The van der Waals surface area contributed by atoms with Crippen LogP contribution in [0.15, 0.2) is 28.8 Å². The highest BCUT2D eigenvalue weighted by Crippen LogP contribution is 2.34. The lowest BCUT2D eigenvalue weighted by Gasteiger charge is -2.02. The van der Waals surface area contributed by atoms with Gasteiger partial charge in [-0.25, -0.2) is 0 Å². The fraction of sp³-hybridized carbons (Fsp3) is 0.267. The summed E-state index contributed by atoms with van der Waals surface area (Å²) in [5.74, 6) is 1.13. The molecule has 8 heteroatoms. The number of rotatable bonds is 3. The van der Waals surface area contributed by atoms with Gasteiger partial charge in [0.15, 0.2) is 5.69 Å². The number of benzene rings is 1. The molecule has 0 bridgehead atoms. The molecule has 6 nitrogen and oxygen atoms in total. The maximum absolute atomic E-state index is 6.17. The number of nitrogens with one attached hydrogen (secondary N) is 2. The van der Waals surface area contributed by atoms with E-state index in [1.54, 1.807) is 18.2 Å². The zero-order valence-corrected chi connectivity index (χ0v) is 13.5. The molecule has 0 saturated carbocycles. The van der Waals surface area contributed by atoms with Gasteiger partial charge in [0.05, 0.1) is 15.6 Å². The topological polar surface area (TPSA) is 79.6 Å². The van der Waals surface area contributed by atoms with Gasteiger partial charge in [0.1, 0.15) is 0 Å². The highest BCUT2D eigenvalue weighted by Gasteiger charge is 2.22. The summed E-state index contributed by atoms with van der Waals surface area (Å²) in [6, 6.07) is 7.19. The van der Waals surface area contributed by atoms with Crippen LogP contribution in [0.3, 0.4) is 0 Å². The predicted molar refractivity (Wildman–Crippen MR) is 87.6 cm³/mol. The molecule has 4 rings (SSSR count). The monoisotopic (exact) mass is 349 g/mol. The molecule has 1 atom stereocenters. The van der Waals surface area contributed by atoms with E-state index in [2.05, 4.69) is 25.7 Å². The Hall–Kier alpha value is -1.89. The van der Waals surface area contributed by atoms with Gasteiger partial charge in [-0.1, -0.05) is 34.4 Å². The first-order valence-electron chi connectivity index (χ1n) is 7.27. The van der Waals surface area contributed by atoms with E-state index in [0.29, 0.717) is 38.9 Å². The van der Waals surface area contributed by atoms with E-state index in [4.69, 9.17) is 27.7 Å². The Balaban J connectivity index is 1.65. The standard InChI is InChI=1S/C15H13Cl2N5O/c16-9-2-1-3-10(17)13(9)14-19-15(23-22-14)12-6-11(20-21-12)8-4-5-18-7-8/h1-3,6,8,18H,4-5,7H2,(H,20,21). The number of halogens is 2.